The average molecular weight is 715 g/mol. The van der Waals surface area contributed by atoms with Gasteiger partial charge in [0.1, 0.15) is 0 Å². The Labute approximate surface area is 327 Å². The normalized spacial score (nSPS) is 17.3. The highest BCUT2D eigenvalue weighted by molar-refractivity contribution is 6.12. The molecule has 0 aliphatic heterocycles. The summed E-state index contributed by atoms with van der Waals surface area (Å²) in [6.07, 6.45) is 16.9. The van der Waals surface area contributed by atoms with E-state index in [2.05, 4.69) is 187 Å². The highest BCUT2D eigenvalue weighted by Gasteiger charge is 2.56. The van der Waals surface area contributed by atoms with Gasteiger partial charge in [-0.2, -0.15) is 5.10 Å². The van der Waals surface area contributed by atoms with Crippen LogP contribution in [-0.2, 0) is 5.41 Å². The van der Waals surface area contributed by atoms with Gasteiger partial charge in [0.25, 0.3) is 0 Å². The van der Waals surface area contributed by atoms with Gasteiger partial charge in [0.05, 0.1) is 22.8 Å². The van der Waals surface area contributed by atoms with Crippen molar-refractivity contribution in [3.05, 3.63) is 222 Å². The van der Waals surface area contributed by atoms with Gasteiger partial charge in [0.15, 0.2) is 0 Å². The minimum absolute atomic E-state index is 0.220. The summed E-state index contributed by atoms with van der Waals surface area (Å²) in [6, 6.07) is 56.4. The van der Waals surface area contributed by atoms with Crippen molar-refractivity contribution in [2.75, 3.05) is 0 Å². The molecule has 8 aromatic rings. The van der Waals surface area contributed by atoms with Crippen LogP contribution in [0.15, 0.2) is 188 Å². The lowest BCUT2D eigenvalue weighted by Crippen LogP contribution is -2.33. The number of nitrogens with zero attached hydrogens (tertiary/aromatic N) is 2. The molecule has 12 rings (SSSR count). The van der Waals surface area contributed by atoms with Crippen molar-refractivity contribution >= 4 is 33.0 Å². The monoisotopic (exact) mass is 714 g/mol. The molecule has 4 aliphatic carbocycles. The summed E-state index contributed by atoms with van der Waals surface area (Å²) in [5, 5.41) is 7.59. The Bertz CT molecular complexity index is 2990. The number of benzene rings is 6. The van der Waals surface area contributed by atoms with E-state index in [0.717, 1.165) is 36.0 Å². The Kier molecular flexibility index (Phi) is 6.83. The molecule has 0 radical (unpaired) electrons. The number of hydrogen-bond acceptors (Lipinski definition) is 1. The molecule has 0 bridgehead atoms. The first kappa shape index (κ1) is 31.6. The molecule has 56 heavy (non-hydrogen) atoms. The number of allylic oxidation sites excluding steroid dienone is 8. The summed E-state index contributed by atoms with van der Waals surface area (Å²) >= 11 is 0. The maximum Gasteiger partial charge on any atom is 0.0826 e. The fourth-order valence-corrected chi connectivity index (χ4v) is 10.7. The fourth-order valence-electron chi connectivity index (χ4n) is 10.7. The molecule has 6 aromatic carbocycles. The summed E-state index contributed by atoms with van der Waals surface area (Å²) < 4.78 is 2.21. The van der Waals surface area contributed by atoms with Crippen molar-refractivity contribution in [1.82, 2.24) is 9.61 Å². The molecular formula is C54H38N2. The third-order valence-electron chi connectivity index (χ3n) is 13.0. The third-order valence-corrected chi connectivity index (χ3v) is 13.0. The predicted octanol–water partition coefficient (Wildman–Crippen LogP) is 13.4. The minimum atomic E-state index is -0.220. The van der Waals surface area contributed by atoms with Crippen LogP contribution < -0.4 is 0 Å². The number of aromatic nitrogens is 2. The number of fused-ring (bicyclic) bond motifs is 13. The molecule has 0 saturated carbocycles. The molecule has 1 unspecified atom stereocenters. The summed E-state index contributed by atoms with van der Waals surface area (Å²) in [4.78, 5) is 0. The highest BCUT2D eigenvalue weighted by atomic mass is 15.2. The number of pyridine rings is 1. The van der Waals surface area contributed by atoms with E-state index in [1.165, 1.54) is 83.1 Å². The molecule has 4 aliphatic rings. The Morgan fingerprint density at radius 1 is 0.536 bits per heavy atom. The van der Waals surface area contributed by atoms with Gasteiger partial charge in [-0.3, -0.25) is 0 Å². The Balaban J connectivity index is 1.01. The minimum Gasteiger partial charge on any atom is -0.231 e. The molecule has 2 heterocycles. The molecular weight excluding hydrogens is 677 g/mol. The van der Waals surface area contributed by atoms with E-state index in [9.17, 15) is 0 Å². The molecule has 0 fully saturated rings. The van der Waals surface area contributed by atoms with Gasteiger partial charge < -0.3 is 0 Å². The topological polar surface area (TPSA) is 17.3 Å². The zero-order valence-electron chi connectivity index (χ0n) is 31.0. The van der Waals surface area contributed by atoms with Gasteiger partial charge in [-0.05, 0) is 91.4 Å². The van der Waals surface area contributed by atoms with Crippen LogP contribution in [0, 0.1) is 5.92 Å². The van der Waals surface area contributed by atoms with Gasteiger partial charge >= 0.3 is 0 Å². The van der Waals surface area contributed by atoms with Crippen LogP contribution in [-0.4, -0.2) is 9.61 Å². The van der Waals surface area contributed by atoms with Crippen LogP contribution >= 0.6 is 0 Å². The second-order valence-electron chi connectivity index (χ2n) is 15.7. The summed E-state index contributed by atoms with van der Waals surface area (Å²) in [5.74, 6) is 0.297. The van der Waals surface area contributed by atoms with E-state index in [1.807, 2.05) is 6.20 Å². The van der Waals surface area contributed by atoms with E-state index in [-0.39, 0.29) is 5.41 Å². The van der Waals surface area contributed by atoms with Crippen LogP contribution in [0.25, 0.3) is 66.4 Å². The second kappa shape index (κ2) is 12.1. The van der Waals surface area contributed by atoms with Crippen molar-refractivity contribution in [3.8, 4) is 33.4 Å². The molecule has 2 nitrogen and oxygen atoms in total. The Morgan fingerprint density at radius 3 is 1.88 bits per heavy atom. The molecule has 264 valence electrons. The first-order valence-electron chi connectivity index (χ1n) is 20.0. The van der Waals surface area contributed by atoms with E-state index in [0.29, 0.717) is 5.92 Å². The van der Waals surface area contributed by atoms with Crippen molar-refractivity contribution in [3.63, 3.8) is 0 Å². The van der Waals surface area contributed by atoms with Crippen molar-refractivity contribution in [1.29, 1.82) is 0 Å². The molecule has 0 amide bonds. The lowest BCUT2D eigenvalue weighted by molar-refractivity contribution is 0.500. The van der Waals surface area contributed by atoms with Crippen LogP contribution in [0.4, 0.5) is 0 Å². The lowest BCUT2D eigenvalue weighted by Gasteiger charge is -2.37. The molecule has 0 N–H and O–H groups in total. The number of hydrogen-bond donors (Lipinski definition) is 0. The SMILES string of the molecule is C1=CC(c2c(-c3ccc(C4=CC=C5c6ccccc6C6(c7ccccc7-c7ccccc76)C5C4)cc3)c3ccccc3c3c(-c4ccccc4)cnn23)=CCC1. The zero-order chi connectivity index (χ0) is 36.8. The predicted molar refractivity (Wildman–Crippen MR) is 232 cm³/mol. The number of rotatable bonds is 4. The quantitative estimate of drug-likeness (QED) is 0.177. The highest BCUT2D eigenvalue weighted by Crippen LogP contribution is 2.66. The summed E-state index contributed by atoms with van der Waals surface area (Å²) in [5.41, 5.74) is 20.6. The van der Waals surface area contributed by atoms with E-state index in [4.69, 9.17) is 5.10 Å². The maximum absolute atomic E-state index is 5.14. The first-order valence-corrected chi connectivity index (χ1v) is 20.0. The van der Waals surface area contributed by atoms with Gasteiger partial charge in [-0.25, -0.2) is 4.52 Å². The first-order chi connectivity index (χ1) is 27.8. The van der Waals surface area contributed by atoms with E-state index in [1.54, 1.807) is 0 Å². The summed E-state index contributed by atoms with van der Waals surface area (Å²) in [6.45, 7) is 0. The van der Waals surface area contributed by atoms with Crippen molar-refractivity contribution in [2.45, 2.75) is 24.7 Å². The van der Waals surface area contributed by atoms with Crippen molar-refractivity contribution < 1.29 is 0 Å². The van der Waals surface area contributed by atoms with Crippen molar-refractivity contribution in [2.24, 2.45) is 5.92 Å². The molecule has 1 spiro atoms. The smallest absolute Gasteiger partial charge is 0.0826 e. The van der Waals surface area contributed by atoms with E-state index >= 15 is 0 Å². The molecule has 1 atom stereocenters. The van der Waals surface area contributed by atoms with E-state index < -0.39 is 0 Å². The van der Waals surface area contributed by atoms with Gasteiger partial charge in [0, 0.05) is 22.4 Å². The van der Waals surface area contributed by atoms with Crippen LogP contribution in [0.3, 0.4) is 0 Å². The fraction of sp³-hybridized carbons (Fsp3) is 0.0926. The lowest BCUT2D eigenvalue weighted by atomic mass is 9.64. The largest absolute Gasteiger partial charge is 0.231 e. The molecule has 2 heteroatoms. The van der Waals surface area contributed by atoms with Crippen LogP contribution in [0.1, 0.15) is 52.8 Å². The van der Waals surface area contributed by atoms with Gasteiger partial charge in [0.2, 0.25) is 0 Å². The van der Waals surface area contributed by atoms with Crippen LogP contribution in [0.5, 0.6) is 0 Å². The maximum atomic E-state index is 5.14. The summed E-state index contributed by atoms with van der Waals surface area (Å²) in [7, 11) is 0. The van der Waals surface area contributed by atoms with Gasteiger partial charge in [-0.1, -0.05) is 182 Å². The average Bonchev–Trinajstić information content (AvgIpc) is 3.94. The molecule has 2 aromatic heterocycles. The zero-order valence-corrected chi connectivity index (χ0v) is 31.0. The van der Waals surface area contributed by atoms with Crippen LogP contribution in [0.2, 0.25) is 0 Å². The second-order valence-corrected chi connectivity index (χ2v) is 15.7. The third kappa shape index (κ3) is 4.30. The standard InChI is InChI=1S/C54H38N2/c1-3-15-36(16-4-1)46-34-55-56-52(38-17-5-2-6-18-38)51(44-22-7-8-23-45(44)53(46)56)37-29-27-35(28-30-37)39-31-32-43-42-21-11-14-26-49(42)54(50(43)33-39)47-24-12-9-19-40(47)41-20-10-13-25-48(41)54/h1,3-5,7-32,34,50H,2,6,33H2. The Hall–Kier alpha value is -6.77. The van der Waals surface area contributed by atoms with Gasteiger partial charge in [-0.15, -0.1) is 0 Å². The molecule has 0 saturated heterocycles. The Morgan fingerprint density at radius 2 is 1.16 bits per heavy atom.